The van der Waals surface area contributed by atoms with E-state index in [0.29, 0.717) is 6.61 Å². The van der Waals surface area contributed by atoms with E-state index in [0.717, 1.165) is 19.6 Å². The lowest BCUT2D eigenvalue weighted by Gasteiger charge is -2.16. The Morgan fingerprint density at radius 2 is 2.15 bits per heavy atom. The summed E-state index contributed by atoms with van der Waals surface area (Å²) in [6.07, 6.45) is 4.13. The quantitative estimate of drug-likeness (QED) is 0.405. The second-order valence-electron chi connectivity index (χ2n) is 4.59. The van der Waals surface area contributed by atoms with Gasteiger partial charge in [0, 0.05) is 17.5 Å². The van der Waals surface area contributed by atoms with Gasteiger partial charge in [0.2, 0.25) is 0 Å². The van der Waals surface area contributed by atoms with E-state index in [1.807, 2.05) is 18.1 Å². The molecule has 0 unspecified atom stereocenters. The van der Waals surface area contributed by atoms with E-state index < -0.39 is 0 Å². The Balaban J connectivity index is 2.00. The number of hydrazone groups is 1. The lowest BCUT2D eigenvalue weighted by molar-refractivity contribution is 0.137. The maximum absolute atomic E-state index is 5.64. The summed E-state index contributed by atoms with van der Waals surface area (Å²) >= 11 is 1.77. The van der Waals surface area contributed by atoms with Crippen molar-refractivity contribution in [3.05, 3.63) is 30.3 Å². The lowest BCUT2D eigenvalue weighted by atomic mass is 10.3. The molecule has 0 radical (unpaired) electrons. The fraction of sp³-hybridized carbons (Fsp3) is 0.438. The fourth-order valence-electron chi connectivity index (χ4n) is 1.96. The summed E-state index contributed by atoms with van der Waals surface area (Å²) in [6.45, 7) is 6.46. The number of unbranched alkanes of at least 4 members (excludes halogenated alkanes) is 1. The van der Waals surface area contributed by atoms with E-state index in [1.165, 1.54) is 21.5 Å². The average molecular weight is 290 g/mol. The van der Waals surface area contributed by atoms with Gasteiger partial charge < -0.3 is 4.74 Å². The molecule has 1 aromatic heterocycles. The normalized spacial score (nSPS) is 11.5. The Morgan fingerprint density at radius 1 is 1.30 bits per heavy atom. The molecule has 1 aromatic carbocycles. The Labute approximate surface area is 124 Å². The number of nitrogens with zero attached hydrogens (tertiary/aromatic N) is 2. The van der Waals surface area contributed by atoms with E-state index in [1.54, 1.807) is 11.3 Å². The molecule has 1 heterocycles. The molecule has 0 saturated carbocycles. The summed E-state index contributed by atoms with van der Waals surface area (Å²) in [7, 11) is 0. The van der Waals surface area contributed by atoms with Crippen molar-refractivity contribution in [2.45, 2.75) is 26.7 Å². The van der Waals surface area contributed by atoms with Crippen LogP contribution in [0.25, 0.3) is 10.1 Å². The van der Waals surface area contributed by atoms with Crippen LogP contribution in [0.2, 0.25) is 0 Å². The van der Waals surface area contributed by atoms with Crippen molar-refractivity contribution in [2.75, 3.05) is 24.8 Å². The number of benzene rings is 1. The summed E-state index contributed by atoms with van der Waals surface area (Å²) in [6, 6.07) is 10.6. The third-order valence-electron chi connectivity index (χ3n) is 3.01. The third-order valence-corrected chi connectivity index (χ3v) is 4.14. The topological polar surface area (TPSA) is 24.8 Å². The van der Waals surface area contributed by atoms with E-state index >= 15 is 0 Å². The lowest BCUT2D eigenvalue weighted by Crippen LogP contribution is -2.21. The molecule has 108 valence electrons. The molecular weight excluding hydrogens is 268 g/mol. The van der Waals surface area contributed by atoms with E-state index in [2.05, 4.69) is 42.4 Å². The van der Waals surface area contributed by atoms with Gasteiger partial charge in [0.1, 0.15) is 5.00 Å². The molecule has 0 atom stereocenters. The smallest absolute Gasteiger partial charge is 0.113 e. The van der Waals surface area contributed by atoms with Crippen molar-refractivity contribution < 1.29 is 4.74 Å². The van der Waals surface area contributed by atoms with Crippen LogP contribution in [0.3, 0.4) is 0 Å². The van der Waals surface area contributed by atoms with Gasteiger partial charge in [-0.15, -0.1) is 11.3 Å². The van der Waals surface area contributed by atoms with Crippen LogP contribution in [0.15, 0.2) is 35.4 Å². The molecule has 0 bridgehead atoms. The molecule has 4 heteroatoms. The van der Waals surface area contributed by atoms with E-state index in [9.17, 15) is 0 Å². The molecule has 0 fully saturated rings. The predicted molar refractivity (Wildman–Crippen MR) is 89.1 cm³/mol. The molecule has 20 heavy (non-hydrogen) atoms. The van der Waals surface area contributed by atoms with Crippen LogP contribution in [-0.2, 0) is 4.74 Å². The molecule has 0 aliphatic rings. The van der Waals surface area contributed by atoms with E-state index in [-0.39, 0.29) is 0 Å². The van der Waals surface area contributed by atoms with Crippen LogP contribution >= 0.6 is 11.3 Å². The van der Waals surface area contributed by atoms with Gasteiger partial charge in [0.25, 0.3) is 0 Å². The molecule has 0 aliphatic carbocycles. The second kappa shape index (κ2) is 8.02. The zero-order valence-corrected chi connectivity index (χ0v) is 13.0. The highest BCUT2D eigenvalue weighted by atomic mass is 32.1. The van der Waals surface area contributed by atoms with Crippen LogP contribution in [0.1, 0.15) is 26.7 Å². The third kappa shape index (κ3) is 4.05. The van der Waals surface area contributed by atoms with Gasteiger partial charge in [-0.25, -0.2) is 0 Å². The van der Waals surface area contributed by atoms with Gasteiger partial charge in [-0.1, -0.05) is 31.5 Å². The van der Waals surface area contributed by atoms with Crippen molar-refractivity contribution in [3.63, 3.8) is 0 Å². The van der Waals surface area contributed by atoms with Gasteiger partial charge in [-0.3, -0.25) is 5.01 Å². The maximum atomic E-state index is 5.64. The summed E-state index contributed by atoms with van der Waals surface area (Å²) < 4.78 is 6.93. The van der Waals surface area contributed by atoms with Crippen molar-refractivity contribution >= 4 is 32.6 Å². The van der Waals surface area contributed by atoms with Crippen LogP contribution in [0, 0.1) is 0 Å². The number of thiophene rings is 1. The standard InChI is InChI=1S/C16H22N2OS/c1-3-5-11-19-12-10-18(17-4-2)16-13-14-8-6-7-9-15(14)20-16/h4,6-9,13H,3,5,10-12H2,1-2H3/b17-4+. The van der Waals surface area contributed by atoms with Gasteiger partial charge in [0.05, 0.1) is 13.2 Å². The van der Waals surface area contributed by atoms with E-state index in [4.69, 9.17) is 4.74 Å². The molecule has 0 amide bonds. The second-order valence-corrected chi connectivity index (χ2v) is 5.65. The summed E-state index contributed by atoms with van der Waals surface area (Å²) in [5.41, 5.74) is 0. The molecule has 3 nitrogen and oxygen atoms in total. The molecular formula is C16H22N2OS. The van der Waals surface area contributed by atoms with Gasteiger partial charge in [-0.05, 0) is 30.9 Å². The highest BCUT2D eigenvalue weighted by molar-refractivity contribution is 7.22. The first-order valence-corrected chi connectivity index (χ1v) is 7.99. The number of fused-ring (bicyclic) bond motifs is 1. The summed E-state index contributed by atoms with van der Waals surface area (Å²) in [5, 5.41) is 8.91. The van der Waals surface area contributed by atoms with Crippen LogP contribution in [0.4, 0.5) is 5.00 Å². The Hall–Kier alpha value is -1.39. The molecule has 0 saturated heterocycles. The zero-order chi connectivity index (χ0) is 14.2. The molecule has 0 aliphatic heterocycles. The number of ether oxygens (including phenoxy) is 1. The maximum Gasteiger partial charge on any atom is 0.113 e. The number of rotatable bonds is 8. The van der Waals surface area contributed by atoms with Crippen LogP contribution < -0.4 is 5.01 Å². The molecule has 2 aromatic rings. The minimum atomic E-state index is 0.714. The number of hydrogen-bond donors (Lipinski definition) is 0. The molecule has 2 rings (SSSR count). The highest BCUT2D eigenvalue weighted by Gasteiger charge is 2.08. The minimum Gasteiger partial charge on any atom is -0.380 e. The van der Waals surface area contributed by atoms with Gasteiger partial charge in [0.15, 0.2) is 0 Å². The highest BCUT2D eigenvalue weighted by Crippen LogP contribution is 2.32. The van der Waals surface area contributed by atoms with Gasteiger partial charge >= 0.3 is 0 Å². The van der Waals surface area contributed by atoms with Gasteiger partial charge in [-0.2, -0.15) is 5.10 Å². The predicted octanol–water partition coefficient (Wildman–Crippen LogP) is 4.53. The van der Waals surface area contributed by atoms with Crippen LogP contribution in [0.5, 0.6) is 0 Å². The molecule has 0 N–H and O–H groups in total. The summed E-state index contributed by atoms with van der Waals surface area (Å²) in [4.78, 5) is 0. The monoisotopic (exact) mass is 290 g/mol. The van der Waals surface area contributed by atoms with Crippen molar-refractivity contribution in [3.8, 4) is 0 Å². The minimum absolute atomic E-state index is 0.714. The average Bonchev–Trinajstić information content (AvgIpc) is 2.89. The largest absolute Gasteiger partial charge is 0.380 e. The Morgan fingerprint density at radius 3 is 2.90 bits per heavy atom. The SMILES string of the molecule is C/C=N/N(CCOCCCC)c1cc2ccccc2s1. The first-order valence-electron chi connectivity index (χ1n) is 7.17. The fourth-order valence-corrected chi connectivity index (χ4v) is 3.01. The van der Waals surface area contributed by atoms with Crippen molar-refractivity contribution in [1.29, 1.82) is 0 Å². The first kappa shape index (κ1) is 15.0. The summed E-state index contributed by atoms with van der Waals surface area (Å²) in [5.74, 6) is 0. The Kier molecular flexibility index (Phi) is 6.02. The first-order chi connectivity index (χ1) is 9.85. The van der Waals surface area contributed by atoms with Crippen LogP contribution in [-0.4, -0.2) is 26.0 Å². The zero-order valence-electron chi connectivity index (χ0n) is 12.2. The number of hydrogen-bond acceptors (Lipinski definition) is 4. The van der Waals surface area contributed by atoms with Crippen molar-refractivity contribution in [2.24, 2.45) is 5.10 Å². The molecule has 0 spiro atoms. The van der Waals surface area contributed by atoms with Crippen molar-refractivity contribution in [1.82, 2.24) is 0 Å². The Bertz CT molecular complexity index is 517. The number of anilines is 1.